The van der Waals surface area contributed by atoms with Crippen molar-refractivity contribution in [2.24, 2.45) is 41.4 Å². The maximum absolute atomic E-state index is 14.4. The van der Waals surface area contributed by atoms with E-state index in [-0.39, 0.29) is 61.8 Å². The maximum atomic E-state index is 14.4. The number of carboxylic acid groups (broad SMARTS) is 1. The number of carbonyl (C=O) groups is 8. The maximum Gasteiger partial charge on any atom is 0.307 e. The number of hydrogen-bond acceptors (Lipinski definition) is 10. The number of amides is 2. The van der Waals surface area contributed by atoms with Crippen LogP contribution in [0.3, 0.4) is 0 Å². The van der Waals surface area contributed by atoms with Gasteiger partial charge in [0, 0.05) is 62.4 Å². The first-order valence-corrected chi connectivity index (χ1v) is 18.9. The monoisotopic (exact) mass is 744 g/mol. The number of fused-ring (bicyclic) bond motifs is 1. The lowest BCUT2D eigenvalue weighted by molar-refractivity contribution is -0.147. The Morgan fingerprint density at radius 2 is 1.63 bits per heavy atom. The first-order valence-electron chi connectivity index (χ1n) is 18.9. The van der Waals surface area contributed by atoms with E-state index in [2.05, 4.69) is 15.3 Å². The number of likely N-dealkylation sites (tertiary alicyclic amines) is 1. The number of aliphatic carboxylic acids is 1. The second-order valence-corrected chi connectivity index (χ2v) is 15.4. The number of rotatable bonds is 20. The summed E-state index contributed by atoms with van der Waals surface area (Å²) in [7, 11) is 0. The molecule has 4 rings (SSSR count). The van der Waals surface area contributed by atoms with Crippen molar-refractivity contribution in [1.29, 1.82) is 0 Å². The van der Waals surface area contributed by atoms with Gasteiger partial charge < -0.3 is 15.3 Å². The molecule has 0 bridgehead atoms. The Balaban J connectivity index is 1.52. The summed E-state index contributed by atoms with van der Waals surface area (Å²) in [4.78, 5) is 117. The zero-order chi connectivity index (χ0) is 39.7. The van der Waals surface area contributed by atoms with Gasteiger partial charge in [0.2, 0.25) is 17.6 Å². The summed E-state index contributed by atoms with van der Waals surface area (Å²) in [6.07, 6.45) is 4.51. The van der Waals surface area contributed by atoms with Crippen LogP contribution in [0.5, 0.6) is 0 Å². The molecule has 1 saturated heterocycles. The van der Waals surface area contributed by atoms with Gasteiger partial charge in [-0.15, -0.1) is 0 Å². The molecule has 1 aromatic carbocycles. The van der Waals surface area contributed by atoms with Gasteiger partial charge in [-0.1, -0.05) is 71.4 Å². The molecular weight excluding hydrogens is 692 g/mol. The third kappa shape index (κ3) is 10.2. The molecule has 2 amide bonds. The minimum atomic E-state index is -1.20. The van der Waals surface area contributed by atoms with E-state index in [9.17, 15) is 43.5 Å². The van der Waals surface area contributed by atoms with E-state index in [4.69, 9.17) is 0 Å². The van der Waals surface area contributed by atoms with Crippen LogP contribution in [0.1, 0.15) is 95.6 Å². The molecule has 1 aliphatic heterocycles. The summed E-state index contributed by atoms with van der Waals surface area (Å²) in [5, 5.41) is 12.7. The van der Waals surface area contributed by atoms with Crippen molar-refractivity contribution in [2.45, 2.75) is 98.1 Å². The Hall–Kier alpha value is -4.94. The fourth-order valence-corrected chi connectivity index (χ4v) is 7.81. The average Bonchev–Trinajstić information content (AvgIpc) is 3.71. The zero-order valence-corrected chi connectivity index (χ0v) is 31.7. The number of benzene rings is 1. The van der Waals surface area contributed by atoms with E-state index in [0.29, 0.717) is 18.4 Å². The lowest BCUT2D eigenvalue weighted by Crippen LogP contribution is -2.56. The highest BCUT2D eigenvalue weighted by Gasteiger charge is 2.54. The highest BCUT2D eigenvalue weighted by Crippen LogP contribution is 2.42. The van der Waals surface area contributed by atoms with Gasteiger partial charge in [-0.3, -0.25) is 43.3 Å². The Morgan fingerprint density at radius 1 is 0.926 bits per heavy atom. The van der Waals surface area contributed by atoms with Gasteiger partial charge in [-0.2, -0.15) is 0 Å². The highest BCUT2D eigenvalue weighted by atomic mass is 16.4. The number of nitrogens with one attached hydrogen (secondary N) is 1. The lowest BCUT2D eigenvalue weighted by Gasteiger charge is -2.33. The molecule has 0 spiro atoms. The van der Waals surface area contributed by atoms with Crippen LogP contribution in [0.4, 0.5) is 0 Å². The summed E-state index contributed by atoms with van der Waals surface area (Å²) in [5.74, 6) is -9.50. The first-order chi connectivity index (χ1) is 25.6. The third-order valence-electron chi connectivity index (χ3n) is 10.9. The van der Waals surface area contributed by atoms with Crippen molar-refractivity contribution in [2.75, 3.05) is 6.54 Å². The lowest BCUT2D eigenvalue weighted by atomic mass is 9.83. The van der Waals surface area contributed by atoms with Crippen molar-refractivity contribution in [3.63, 3.8) is 0 Å². The number of carbonyl (C=O) groups excluding carboxylic acids is 7. The summed E-state index contributed by atoms with van der Waals surface area (Å²) >= 11 is 0. The van der Waals surface area contributed by atoms with Crippen LogP contribution in [0, 0.1) is 41.4 Å². The molecule has 290 valence electrons. The zero-order valence-electron chi connectivity index (χ0n) is 31.7. The molecule has 1 aromatic heterocycles. The molecule has 54 heavy (non-hydrogen) atoms. The van der Waals surface area contributed by atoms with Crippen molar-refractivity contribution in [3.8, 4) is 0 Å². The van der Waals surface area contributed by atoms with Crippen LogP contribution in [0.25, 0.3) is 0 Å². The van der Waals surface area contributed by atoms with E-state index in [1.165, 1.54) is 23.5 Å². The topological polar surface area (TPSA) is 198 Å². The Bertz CT molecular complexity index is 1710. The fraction of sp³-hybridized carbons (Fsp3) is 0.561. The summed E-state index contributed by atoms with van der Waals surface area (Å²) in [6.45, 7) is 8.89. The predicted molar refractivity (Wildman–Crippen MR) is 197 cm³/mol. The molecule has 1 aliphatic carbocycles. The Labute approximate surface area is 316 Å². The average molecular weight is 745 g/mol. The van der Waals surface area contributed by atoms with Crippen molar-refractivity contribution < 1.29 is 43.5 Å². The van der Waals surface area contributed by atoms with E-state index in [1.807, 2.05) is 6.92 Å². The van der Waals surface area contributed by atoms with Crippen LogP contribution in [-0.2, 0) is 40.0 Å². The first kappa shape index (κ1) is 41.8. The number of carboxylic acids is 1. The van der Waals surface area contributed by atoms with Crippen LogP contribution in [0.15, 0.2) is 48.9 Å². The normalized spacial score (nSPS) is 20.2. The van der Waals surface area contributed by atoms with Gasteiger partial charge >= 0.3 is 5.97 Å². The summed E-state index contributed by atoms with van der Waals surface area (Å²) in [6, 6.07) is 6.68. The van der Waals surface area contributed by atoms with Crippen molar-refractivity contribution >= 4 is 46.7 Å². The van der Waals surface area contributed by atoms with Crippen molar-refractivity contribution in [3.05, 3.63) is 60.2 Å². The molecule has 2 heterocycles. The van der Waals surface area contributed by atoms with E-state index in [1.54, 1.807) is 58.0 Å². The highest BCUT2D eigenvalue weighted by molar-refractivity contribution is 6.38. The van der Waals surface area contributed by atoms with Crippen molar-refractivity contribution in [1.82, 2.24) is 20.2 Å². The van der Waals surface area contributed by atoms with E-state index >= 15 is 0 Å². The molecule has 7 atom stereocenters. The molecular formula is C41H52N4O9. The Morgan fingerprint density at radius 3 is 2.22 bits per heavy atom. The summed E-state index contributed by atoms with van der Waals surface area (Å²) in [5.41, 5.74) is 0.834. The van der Waals surface area contributed by atoms with Crippen LogP contribution in [-0.4, -0.2) is 85.3 Å². The molecule has 1 saturated carbocycles. The second kappa shape index (κ2) is 18.9. The number of hydrogen-bond donors (Lipinski definition) is 2. The molecule has 0 radical (unpaired) electrons. The molecule has 2 unspecified atom stereocenters. The smallest absolute Gasteiger partial charge is 0.307 e. The van der Waals surface area contributed by atoms with E-state index < -0.39 is 89.1 Å². The van der Waals surface area contributed by atoms with Gasteiger partial charge in [-0.05, 0) is 42.6 Å². The van der Waals surface area contributed by atoms with Crippen LogP contribution >= 0.6 is 0 Å². The van der Waals surface area contributed by atoms with E-state index in [0.717, 1.165) is 0 Å². The van der Waals surface area contributed by atoms with Gasteiger partial charge in [0.25, 0.3) is 0 Å². The van der Waals surface area contributed by atoms with Gasteiger partial charge in [0.1, 0.15) is 17.5 Å². The third-order valence-corrected chi connectivity index (χ3v) is 10.9. The molecule has 2 N–H and O–H groups in total. The molecule has 2 aromatic rings. The van der Waals surface area contributed by atoms with Gasteiger partial charge in [0.05, 0.1) is 18.2 Å². The van der Waals surface area contributed by atoms with Gasteiger partial charge in [-0.25, -0.2) is 4.98 Å². The molecule has 2 fully saturated rings. The molecule has 13 heteroatoms. The minimum Gasteiger partial charge on any atom is -0.481 e. The standard InChI is InChI=1S/C41H52N4O9/c1-6-10-26(38(50)35(49)19-27(41(53)54)17-25-11-8-7-9-12-25)18-34(48)37-28-13-14-32(46)30(28)22-45(37)40(52)36(24(4)5)44-39(51)29(23(2)3)20-33(47)31-21-42-15-16-43-31/h7-9,11-12,15-16,21,23-24,26-30,36-37H,6,10,13-14,17-20,22H2,1-5H3,(H,44,51)(H,53,54)/t26?,27-,28+,29-,30+,36+,37?/m1/s1. The largest absolute Gasteiger partial charge is 0.481 e. The number of ketones is 5. The number of nitrogens with zero attached hydrogens (tertiary/aromatic N) is 3. The second-order valence-electron chi connectivity index (χ2n) is 15.4. The minimum absolute atomic E-state index is 0.0122. The molecule has 2 aliphatic rings. The van der Waals surface area contributed by atoms with Gasteiger partial charge in [0.15, 0.2) is 17.3 Å². The quantitative estimate of drug-likeness (QED) is 0.146. The fourth-order valence-electron chi connectivity index (χ4n) is 7.81. The summed E-state index contributed by atoms with van der Waals surface area (Å²) < 4.78 is 0. The number of Topliss-reactive ketones (excluding diaryl/α,β-unsaturated/α-hetero) is 5. The Kier molecular flexibility index (Phi) is 14.6. The van der Waals surface area contributed by atoms with Crippen LogP contribution in [0.2, 0.25) is 0 Å². The predicted octanol–water partition coefficient (Wildman–Crippen LogP) is 4.12. The number of aromatic nitrogens is 2. The SMILES string of the molecule is CCCC(CC(=O)C1[C@H]2CCC(=O)[C@H]2CN1C(=O)[C@@H](NC(=O)[C@H](CC(=O)c1cnccn1)C(C)C)C(C)C)C(=O)C(=O)C[C@@H](Cc1ccccc1)C(=O)O. The molecule has 13 nitrogen and oxygen atoms in total. The van der Waals surface area contributed by atoms with Crippen LogP contribution < -0.4 is 5.32 Å².